The molecule has 3 fully saturated rings. The second-order valence-electron chi connectivity index (χ2n) is 6.54. The Hall–Kier alpha value is -1.74. The lowest BCUT2D eigenvalue weighted by Gasteiger charge is -2.50. The molecule has 0 heterocycles. The van der Waals surface area contributed by atoms with Gasteiger partial charge in [0.05, 0.1) is 13.2 Å². The predicted molar refractivity (Wildman–Crippen MR) is 89.6 cm³/mol. The van der Waals surface area contributed by atoms with E-state index in [0.717, 1.165) is 17.5 Å². The molecule has 1 unspecified atom stereocenters. The fraction of sp³-hybridized carbons (Fsp3) is 0.474. The molecule has 0 saturated heterocycles. The van der Waals surface area contributed by atoms with Crippen LogP contribution >= 0.6 is 0 Å². The molecular formula is C19H26N2O. The molecule has 3 aliphatic carbocycles. The molecule has 4 rings (SSSR count). The van der Waals surface area contributed by atoms with Gasteiger partial charge in [0.2, 0.25) is 0 Å². The minimum Gasteiger partial charge on any atom is -0.403 e. The topological polar surface area (TPSA) is 38.5 Å². The Labute approximate surface area is 133 Å². The summed E-state index contributed by atoms with van der Waals surface area (Å²) < 4.78 is 5.83. The molecule has 3 heteroatoms. The molecule has 3 aliphatic rings. The highest BCUT2D eigenvalue weighted by molar-refractivity contribution is 5.14. The molecule has 118 valence electrons. The van der Waals surface area contributed by atoms with Crippen molar-refractivity contribution in [1.82, 2.24) is 4.90 Å². The summed E-state index contributed by atoms with van der Waals surface area (Å²) in [5, 5.41) is 0. The lowest BCUT2D eigenvalue weighted by Crippen LogP contribution is -2.48. The van der Waals surface area contributed by atoms with E-state index in [1.807, 2.05) is 24.4 Å². The molecule has 3 nitrogen and oxygen atoms in total. The van der Waals surface area contributed by atoms with Gasteiger partial charge in [0.25, 0.3) is 0 Å². The predicted octanol–water partition coefficient (Wildman–Crippen LogP) is 3.64. The summed E-state index contributed by atoms with van der Waals surface area (Å²) in [5.74, 6) is 1.79. The number of fused-ring (bicyclic) bond motifs is 2. The lowest BCUT2D eigenvalue weighted by molar-refractivity contribution is 0.0262. The third-order valence-electron chi connectivity index (χ3n) is 5.04. The number of hydrogen-bond acceptors (Lipinski definition) is 3. The Morgan fingerprint density at radius 2 is 2.05 bits per heavy atom. The van der Waals surface area contributed by atoms with Crippen molar-refractivity contribution >= 4 is 0 Å². The molecule has 0 radical (unpaired) electrons. The summed E-state index contributed by atoms with van der Waals surface area (Å²) in [6.07, 6.45) is 8.92. The molecule has 1 atom stereocenters. The highest BCUT2D eigenvalue weighted by Crippen LogP contribution is 2.48. The van der Waals surface area contributed by atoms with Crippen LogP contribution in [0, 0.1) is 11.8 Å². The second kappa shape index (κ2) is 7.01. The van der Waals surface area contributed by atoms with Crippen LogP contribution in [0.25, 0.3) is 0 Å². The number of rotatable bonds is 7. The van der Waals surface area contributed by atoms with Crippen LogP contribution in [0.3, 0.4) is 0 Å². The first-order valence-corrected chi connectivity index (χ1v) is 8.24. The molecule has 0 spiro atoms. The summed E-state index contributed by atoms with van der Waals surface area (Å²) >= 11 is 0. The van der Waals surface area contributed by atoms with Crippen LogP contribution in [0.2, 0.25) is 0 Å². The molecule has 0 aromatic heterocycles. The standard InChI is InChI=1S/C19H26N2O/c1-15(13-22-14-16-5-3-2-4-6-16)21(10-9-20)19-8-7-17-11-18(19)12-17/h2-6,9-10,17-19H,1,7-8,11-14,20H2/b10-9-. The SMILES string of the molecule is C=C(COCc1ccccc1)N(/C=C\N)C1CCC2CC1C2. The summed E-state index contributed by atoms with van der Waals surface area (Å²) in [7, 11) is 0. The fourth-order valence-electron chi connectivity index (χ4n) is 3.82. The van der Waals surface area contributed by atoms with E-state index in [9.17, 15) is 0 Å². The average Bonchev–Trinajstić information content (AvgIpc) is 2.53. The van der Waals surface area contributed by atoms with Gasteiger partial charge in [0.1, 0.15) is 0 Å². The van der Waals surface area contributed by atoms with E-state index in [2.05, 4.69) is 23.6 Å². The highest BCUT2D eigenvalue weighted by Gasteiger charge is 2.42. The van der Waals surface area contributed by atoms with Gasteiger partial charge in [-0.15, -0.1) is 0 Å². The zero-order chi connectivity index (χ0) is 15.4. The third kappa shape index (κ3) is 3.36. The number of nitrogens with two attached hydrogens (primary N) is 1. The fourth-order valence-corrected chi connectivity index (χ4v) is 3.82. The van der Waals surface area contributed by atoms with E-state index in [-0.39, 0.29) is 0 Å². The van der Waals surface area contributed by atoms with E-state index in [1.165, 1.54) is 31.2 Å². The summed E-state index contributed by atoms with van der Waals surface area (Å²) in [4.78, 5) is 2.26. The number of hydrogen-bond donors (Lipinski definition) is 1. The smallest absolute Gasteiger partial charge is 0.0866 e. The monoisotopic (exact) mass is 298 g/mol. The van der Waals surface area contributed by atoms with E-state index >= 15 is 0 Å². The first-order chi connectivity index (χ1) is 10.8. The van der Waals surface area contributed by atoms with Crippen molar-refractivity contribution in [3.05, 3.63) is 60.6 Å². The molecule has 2 N–H and O–H groups in total. The average molecular weight is 298 g/mol. The van der Waals surface area contributed by atoms with Crippen molar-refractivity contribution in [2.45, 2.75) is 38.3 Å². The van der Waals surface area contributed by atoms with Crippen molar-refractivity contribution in [1.29, 1.82) is 0 Å². The lowest BCUT2D eigenvalue weighted by atomic mass is 9.62. The van der Waals surface area contributed by atoms with E-state index in [1.54, 1.807) is 6.20 Å². The number of ether oxygens (including phenoxy) is 1. The van der Waals surface area contributed by atoms with E-state index in [0.29, 0.717) is 19.3 Å². The zero-order valence-electron chi connectivity index (χ0n) is 13.2. The van der Waals surface area contributed by atoms with Gasteiger partial charge >= 0.3 is 0 Å². The van der Waals surface area contributed by atoms with Crippen LogP contribution < -0.4 is 5.73 Å². The quantitative estimate of drug-likeness (QED) is 0.835. The Bertz CT molecular complexity index is 517. The van der Waals surface area contributed by atoms with Gasteiger partial charge in [-0.1, -0.05) is 36.9 Å². The first kappa shape index (κ1) is 15.2. The van der Waals surface area contributed by atoms with Crippen molar-refractivity contribution in [2.24, 2.45) is 17.6 Å². The van der Waals surface area contributed by atoms with E-state index < -0.39 is 0 Å². The molecule has 1 aromatic carbocycles. The number of benzene rings is 1. The van der Waals surface area contributed by atoms with Crippen LogP contribution in [-0.4, -0.2) is 17.5 Å². The highest BCUT2D eigenvalue weighted by atomic mass is 16.5. The molecule has 0 aliphatic heterocycles. The Morgan fingerprint density at radius 1 is 1.27 bits per heavy atom. The van der Waals surface area contributed by atoms with Crippen molar-refractivity contribution < 1.29 is 4.74 Å². The van der Waals surface area contributed by atoms with Gasteiger partial charge in [-0.25, -0.2) is 0 Å². The molecule has 1 aromatic rings. The second-order valence-corrected chi connectivity index (χ2v) is 6.54. The molecule has 2 bridgehead atoms. The molecular weight excluding hydrogens is 272 g/mol. The maximum atomic E-state index is 5.83. The summed E-state index contributed by atoms with van der Waals surface area (Å²) in [5.41, 5.74) is 7.85. The minimum atomic E-state index is 0.548. The van der Waals surface area contributed by atoms with Crippen LogP contribution in [-0.2, 0) is 11.3 Å². The molecule has 3 saturated carbocycles. The maximum Gasteiger partial charge on any atom is 0.0866 e. The van der Waals surface area contributed by atoms with Gasteiger partial charge in [-0.3, -0.25) is 0 Å². The van der Waals surface area contributed by atoms with Crippen LogP contribution in [0.1, 0.15) is 31.2 Å². The van der Waals surface area contributed by atoms with Gasteiger partial charge in [0.15, 0.2) is 0 Å². The van der Waals surface area contributed by atoms with E-state index in [4.69, 9.17) is 10.5 Å². The van der Waals surface area contributed by atoms with Gasteiger partial charge in [-0.05, 0) is 43.1 Å². The normalized spacial score (nSPS) is 26.6. The maximum absolute atomic E-state index is 5.83. The summed E-state index contributed by atoms with van der Waals surface area (Å²) in [6, 6.07) is 10.8. The first-order valence-electron chi connectivity index (χ1n) is 8.24. The third-order valence-corrected chi connectivity index (χ3v) is 5.04. The van der Waals surface area contributed by atoms with Crippen molar-refractivity contribution in [3.63, 3.8) is 0 Å². The summed E-state index contributed by atoms with van der Waals surface area (Å²) in [6.45, 7) is 5.39. The zero-order valence-corrected chi connectivity index (χ0v) is 13.2. The van der Waals surface area contributed by atoms with Crippen LogP contribution in [0.5, 0.6) is 0 Å². The van der Waals surface area contributed by atoms with Gasteiger partial charge in [-0.2, -0.15) is 0 Å². The van der Waals surface area contributed by atoms with Gasteiger partial charge in [0, 0.05) is 24.1 Å². The van der Waals surface area contributed by atoms with Crippen molar-refractivity contribution in [3.8, 4) is 0 Å². The van der Waals surface area contributed by atoms with Crippen LogP contribution in [0.4, 0.5) is 0 Å². The minimum absolute atomic E-state index is 0.548. The van der Waals surface area contributed by atoms with Crippen molar-refractivity contribution in [2.75, 3.05) is 6.61 Å². The molecule has 0 amide bonds. The Morgan fingerprint density at radius 3 is 2.68 bits per heavy atom. The number of nitrogens with zero attached hydrogens (tertiary/aromatic N) is 1. The van der Waals surface area contributed by atoms with Crippen LogP contribution in [0.15, 0.2) is 55.0 Å². The van der Waals surface area contributed by atoms with Gasteiger partial charge < -0.3 is 15.4 Å². The Balaban J connectivity index is 1.53. The molecule has 22 heavy (non-hydrogen) atoms. The largest absolute Gasteiger partial charge is 0.403 e. The Kier molecular flexibility index (Phi) is 4.84.